The van der Waals surface area contributed by atoms with Crippen molar-refractivity contribution in [3.05, 3.63) is 70.3 Å². The van der Waals surface area contributed by atoms with Crippen molar-refractivity contribution in [1.82, 2.24) is 0 Å². The highest BCUT2D eigenvalue weighted by Crippen LogP contribution is 2.52. The molecule has 7 heteroatoms. The molecule has 4 unspecified atom stereocenters. The first kappa shape index (κ1) is 29.9. The minimum Gasteiger partial charge on any atom is -0.491 e. The van der Waals surface area contributed by atoms with E-state index in [4.69, 9.17) is 16.3 Å². The highest BCUT2D eigenvalue weighted by atomic mass is 35.5. The summed E-state index contributed by atoms with van der Waals surface area (Å²) in [4.78, 5) is 14.2. The number of allylic oxidation sites excluding steroid dienone is 1. The van der Waals surface area contributed by atoms with Crippen molar-refractivity contribution in [3.63, 3.8) is 0 Å². The average molecular weight is 600 g/mol. The maximum absolute atomic E-state index is 12.2. The SMILES string of the molecule is CC/C=C/C(O)(C1SCCCS1)C1CCC1CN1CC(c2ccc(Cl)cc2CCC)COc2ccc(C=O)cc21. The summed E-state index contributed by atoms with van der Waals surface area (Å²) in [5, 5.41) is 13.0. The van der Waals surface area contributed by atoms with Gasteiger partial charge in [-0.05, 0) is 96.9 Å². The maximum atomic E-state index is 12.2. The first-order valence-corrected chi connectivity index (χ1v) is 17.3. The zero-order chi connectivity index (χ0) is 28.1. The smallest absolute Gasteiger partial charge is 0.150 e. The number of ether oxygens (including phenoxy) is 1. The summed E-state index contributed by atoms with van der Waals surface area (Å²) < 4.78 is 6.60. The third kappa shape index (κ3) is 6.40. The summed E-state index contributed by atoms with van der Waals surface area (Å²) in [5.41, 5.74) is 3.41. The van der Waals surface area contributed by atoms with Crippen LogP contribution < -0.4 is 9.64 Å². The Morgan fingerprint density at radius 3 is 2.67 bits per heavy atom. The number of carbonyl (C=O) groups is 1. The summed E-state index contributed by atoms with van der Waals surface area (Å²) in [7, 11) is 0. The highest BCUT2D eigenvalue weighted by Gasteiger charge is 2.51. The lowest BCUT2D eigenvalue weighted by Gasteiger charge is -2.51. The van der Waals surface area contributed by atoms with Crippen LogP contribution in [0.4, 0.5) is 5.69 Å². The summed E-state index contributed by atoms with van der Waals surface area (Å²) in [5.74, 6) is 3.81. The van der Waals surface area contributed by atoms with E-state index in [2.05, 4.69) is 43.0 Å². The normalized spacial score (nSPS) is 25.0. The van der Waals surface area contributed by atoms with Crippen molar-refractivity contribution in [1.29, 1.82) is 0 Å². The molecular weight excluding hydrogens is 558 g/mol. The lowest BCUT2D eigenvalue weighted by atomic mass is 9.64. The van der Waals surface area contributed by atoms with Gasteiger partial charge in [-0.3, -0.25) is 4.79 Å². The highest BCUT2D eigenvalue weighted by molar-refractivity contribution is 8.17. The third-order valence-electron chi connectivity index (χ3n) is 8.70. The van der Waals surface area contributed by atoms with Gasteiger partial charge in [-0.25, -0.2) is 0 Å². The number of thioether (sulfide) groups is 2. The van der Waals surface area contributed by atoms with Gasteiger partial charge >= 0.3 is 0 Å². The fourth-order valence-electron chi connectivity index (χ4n) is 6.52. The van der Waals surface area contributed by atoms with E-state index in [1.807, 2.05) is 47.8 Å². The summed E-state index contributed by atoms with van der Waals surface area (Å²) in [6.45, 7) is 6.55. The average Bonchev–Trinajstić information content (AvgIpc) is 3.14. The van der Waals surface area contributed by atoms with E-state index in [0.29, 0.717) is 18.1 Å². The van der Waals surface area contributed by atoms with Gasteiger partial charge in [-0.15, -0.1) is 23.5 Å². The van der Waals surface area contributed by atoms with Gasteiger partial charge in [-0.1, -0.05) is 50.1 Å². The van der Waals surface area contributed by atoms with E-state index in [9.17, 15) is 9.90 Å². The van der Waals surface area contributed by atoms with E-state index in [1.165, 1.54) is 17.5 Å². The number of benzene rings is 2. The largest absolute Gasteiger partial charge is 0.491 e. The number of hydrogen-bond donors (Lipinski definition) is 1. The Labute approximate surface area is 253 Å². The van der Waals surface area contributed by atoms with Crippen molar-refractivity contribution < 1.29 is 14.6 Å². The Hall–Kier alpha value is -1.60. The number of carbonyl (C=O) groups excluding carboxylic acids is 1. The molecule has 0 bridgehead atoms. The molecule has 216 valence electrons. The number of fused-ring (bicyclic) bond motifs is 1. The predicted octanol–water partition coefficient (Wildman–Crippen LogP) is 8.01. The van der Waals surface area contributed by atoms with Crippen molar-refractivity contribution in [2.24, 2.45) is 11.8 Å². The van der Waals surface area contributed by atoms with Crippen molar-refractivity contribution >= 4 is 47.1 Å². The number of aldehydes is 1. The molecule has 40 heavy (non-hydrogen) atoms. The summed E-state index contributed by atoms with van der Waals surface area (Å²) >= 11 is 10.3. The van der Waals surface area contributed by atoms with Crippen molar-refractivity contribution in [2.45, 2.75) is 68.5 Å². The second-order valence-electron chi connectivity index (χ2n) is 11.4. The number of aryl methyl sites for hydroxylation is 1. The molecule has 2 aliphatic heterocycles. The monoisotopic (exact) mass is 599 g/mol. The maximum Gasteiger partial charge on any atom is 0.150 e. The van der Waals surface area contributed by atoms with Crippen LogP contribution in [0, 0.1) is 11.8 Å². The zero-order valence-electron chi connectivity index (χ0n) is 23.7. The van der Waals surface area contributed by atoms with Crippen LogP contribution in [-0.2, 0) is 6.42 Å². The Balaban J connectivity index is 1.46. The zero-order valence-corrected chi connectivity index (χ0v) is 26.1. The molecular formula is C33H42ClNO3S2. The number of anilines is 1. The molecule has 1 saturated carbocycles. The Kier molecular flexibility index (Phi) is 10.1. The second kappa shape index (κ2) is 13.6. The lowest BCUT2D eigenvalue weighted by Crippen LogP contribution is -2.54. The van der Waals surface area contributed by atoms with Crippen LogP contribution in [0.25, 0.3) is 0 Å². The predicted molar refractivity (Wildman–Crippen MR) is 172 cm³/mol. The molecule has 0 amide bonds. The summed E-state index contributed by atoms with van der Waals surface area (Å²) in [6.07, 6.45) is 11.5. The quantitative estimate of drug-likeness (QED) is 0.220. The molecule has 0 spiro atoms. The van der Waals surface area contributed by atoms with Crippen LogP contribution in [0.1, 0.15) is 73.4 Å². The van der Waals surface area contributed by atoms with E-state index in [0.717, 1.165) is 79.4 Å². The Bertz CT molecular complexity index is 1200. The molecule has 2 fully saturated rings. The van der Waals surface area contributed by atoms with Crippen LogP contribution in [0.15, 0.2) is 48.6 Å². The fraction of sp³-hybridized carbons (Fsp3) is 0.545. The van der Waals surface area contributed by atoms with Gasteiger partial charge in [-0.2, -0.15) is 0 Å². The van der Waals surface area contributed by atoms with Gasteiger partial charge in [0.2, 0.25) is 0 Å². The number of halogens is 1. The van der Waals surface area contributed by atoms with Gasteiger partial charge in [0.05, 0.1) is 16.9 Å². The first-order valence-electron chi connectivity index (χ1n) is 14.8. The van der Waals surface area contributed by atoms with E-state index >= 15 is 0 Å². The Morgan fingerprint density at radius 2 is 1.98 bits per heavy atom. The topological polar surface area (TPSA) is 49.8 Å². The minimum atomic E-state index is -0.811. The summed E-state index contributed by atoms with van der Waals surface area (Å²) in [6, 6.07) is 12.0. The van der Waals surface area contributed by atoms with Gasteiger partial charge in [0.15, 0.2) is 0 Å². The number of nitrogens with zero attached hydrogens (tertiary/aromatic N) is 1. The third-order valence-corrected chi connectivity index (χ3v) is 12.2. The van der Waals surface area contributed by atoms with Crippen molar-refractivity contribution in [2.75, 3.05) is 36.1 Å². The van der Waals surface area contributed by atoms with Crippen LogP contribution in [0.3, 0.4) is 0 Å². The molecule has 4 nitrogen and oxygen atoms in total. The number of rotatable bonds is 10. The Morgan fingerprint density at radius 1 is 1.15 bits per heavy atom. The molecule has 2 aromatic carbocycles. The van der Waals surface area contributed by atoms with Crippen molar-refractivity contribution in [3.8, 4) is 5.75 Å². The van der Waals surface area contributed by atoms with Gasteiger partial charge in [0.1, 0.15) is 17.6 Å². The van der Waals surface area contributed by atoms with Crippen LogP contribution >= 0.6 is 35.1 Å². The molecule has 0 aromatic heterocycles. The number of hydrogen-bond acceptors (Lipinski definition) is 6. The fourth-order valence-corrected chi connectivity index (χ4v) is 9.95. The van der Waals surface area contributed by atoms with Crippen LogP contribution in [-0.4, -0.2) is 52.8 Å². The molecule has 0 radical (unpaired) electrons. The van der Waals surface area contributed by atoms with Crippen LogP contribution in [0.5, 0.6) is 5.75 Å². The standard InChI is InChI=1S/C33H42ClNO3S2/c1-3-5-14-33(37,32-39-15-6-16-40-32)29-12-9-25(29)19-35-20-26(28-11-10-27(34)18-24(28)7-4-2)22-38-31-13-8-23(21-36)17-30(31)35/h5,8,10-11,13-14,17-18,21,25-26,29,32,37H,3-4,6-7,9,12,15-16,19-20,22H2,1-2H3/b14-5+. The molecule has 4 atom stereocenters. The molecule has 3 aliphatic rings. The van der Waals surface area contributed by atoms with Crippen LogP contribution in [0.2, 0.25) is 5.02 Å². The number of aliphatic hydroxyl groups is 1. The van der Waals surface area contributed by atoms with E-state index < -0.39 is 5.60 Å². The van der Waals surface area contributed by atoms with Gasteiger partial charge in [0.25, 0.3) is 0 Å². The van der Waals surface area contributed by atoms with Gasteiger partial charge < -0.3 is 14.7 Å². The molecule has 1 aliphatic carbocycles. The minimum absolute atomic E-state index is 0.174. The molecule has 2 aromatic rings. The lowest BCUT2D eigenvalue weighted by molar-refractivity contribution is -0.0331. The van der Waals surface area contributed by atoms with E-state index in [1.54, 1.807) is 0 Å². The molecule has 5 rings (SSSR count). The second-order valence-corrected chi connectivity index (χ2v) is 14.6. The van der Waals surface area contributed by atoms with Gasteiger partial charge in [0, 0.05) is 29.6 Å². The van der Waals surface area contributed by atoms with E-state index in [-0.39, 0.29) is 16.4 Å². The molecule has 2 heterocycles. The molecule has 1 N–H and O–H groups in total. The molecule has 1 saturated heterocycles. The first-order chi connectivity index (χ1) is 19.5.